The molecular formula is C17H30O4. The molecule has 4 nitrogen and oxygen atoms in total. The summed E-state index contributed by atoms with van der Waals surface area (Å²) in [7, 11) is 0. The van der Waals surface area contributed by atoms with Crippen LogP contribution in [0.15, 0.2) is 0 Å². The Morgan fingerprint density at radius 2 is 1.62 bits per heavy atom. The van der Waals surface area contributed by atoms with Gasteiger partial charge in [0.05, 0.1) is 12.3 Å². The quantitative estimate of drug-likeness (QED) is 0.454. The molecule has 21 heavy (non-hydrogen) atoms. The van der Waals surface area contributed by atoms with E-state index in [1.165, 1.54) is 6.92 Å². The largest absolute Gasteiger partial charge is 0.460 e. The molecule has 0 aliphatic heterocycles. The van der Waals surface area contributed by atoms with E-state index in [4.69, 9.17) is 4.74 Å². The number of carbonyl (C=O) groups excluding carboxylic acids is 3. The van der Waals surface area contributed by atoms with E-state index >= 15 is 0 Å². The third kappa shape index (κ3) is 11.2. The molecule has 1 unspecified atom stereocenters. The highest BCUT2D eigenvalue weighted by atomic mass is 16.6. The molecule has 1 atom stereocenters. The second kappa shape index (κ2) is 9.69. The van der Waals surface area contributed by atoms with Gasteiger partial charge in [-0.25, -0.2) is 0 Å². The summed E-state index contributed by atoms with van der Waals surface area (Å²) in [6.45, 7) is 9.08. The first-order chi connectivity index (χ1) is 9.65. The van der Waals surface area contributed by atoms with Crippen LogP contribution < -0.4 is 0 Å². The Morgan fingerprint density at radius 3 is 2.10 bits per heavy atom. The lowest BCUT2D eigenvalue weighted by Gasteiger charge is -2.24. The first-order valence-electron chi connectivity index (χ1n) is 7.89. The number of esters is 1. The average Bonchev–Trinajstić information content (AvgIpc) is 2.30. The summed E-state index contributed by atoms with van der Waals surface area (Å²) in [5.41, 5.74) is -0.480. The van der Waals surface area contributed by atoms with Crippen LogP contribution in [0.1, 0.15) is 79.6 Å². The topological polar surface area (TPSA) is 60.4 Å². The molecule has 0 spiro atoms. The van der Waals surface area contributed by atoms with Gasteiger partial charge in [-0.1, -0.05) is 19.8 Å². The third-order valence-corrected chi connectivity index (χ3v) is 3.10. The molecule has 0 N–H and O–H groups in total. The highest BCUT2D eigenvalue weighted by Crippen LogP contribution is 2.21. The van der Waals surface area contributed by atoms with Gasteiger partial charge in [0.15, 0.2) is 0 Å². The summed E-state index contributed by atoms with van der Waals surface area (Å²) >= 11 is 0. The molecule has 0 rings (SSSR count). The fraction of sp³-hybridized carbons (Fsp3) is 0.824. The molecule has 122 valence electrons. The summed E-state index contributed by atoms with van der Waals surface area (Å²) in [5, 5.41) is 0. The fourth-order valence-corrected chi connectivity index (χ4v) is 2.13. The number of unbranched alkanes of at least 4 members (excludes halogenated alkanes) is 1. The van der Waals surface area contributed by atoms with Gasteiger partial charge in [0, 0.05) is 6.42 Å². The van der Waals surface area contributed by atoms with E-state index in [2.05, 4.69) is 6.92 Å². The monoisotopic (exact) mass is 298 g/mol. The van der Waals surface area contributed by atoms with E-state index in [1.54, 1.807) is 0 Å². The van der Waals surface area contributed by atoms with Gasteiger partial charge in [-0.15, -0.1) is 0 Å². The molecule has 0 aromatic rings. The van der Waals surface area contributed by atoms with Crippen molar-refractivity contribution in [2.75, 3.05) is 0 Å². The predicted molar refractivity (Wildman–Crippen MR) is 83.0 cm³/mol. The van der Waals surface area contributed by atoms with E-state index in [1.807, 2.05) is 20.8 Å². The first kappa shape index (κ1) is 19.8. The minimum atomic E-state index is -0.480. The normalized spacial score (nSPS) is 12.8. The molecule has 0 aromatic carbocycles. The summed E-state index contributed by atoms with van der Waals surface area (Å²) in [4.78, 5) is 34.5. The summed E-state index contributed by atoms with van der Waals surface area (Å²) in [5.74, 6) is -0.458. The van der Waals surface area contributed by atoms with Crippen LogP contribution in [0.25, 0.3) is 0 Å². The SMILES string of the molecule is CCCCC(CCCC(=O)CC(C)=O)C(=O)OC(C)(C)C. The number of rotatable bonds is 10. The van der Waals surface area contributed by atoms with Crippen LogP contribution in [0.4, 0.5) is 0 Å². The number of hydrogen-bond donors (Lipinski definition) is 0. The van der Waals surface area contributed by atoms with Gasteiger partial charge in [-0.2, -0.15) is 0 Å². The molecule has 0 saturated heterocycles. The number of ether oxygens (including phenoxy) is 1. The molecule has 0 fully saturated rings. The lowest BCUT2D eigenvalue weighted by molar-refractivity contribution is -0.160. The Bertz CT molecular complexity index is 352. The second-order valence-electron chi connectivity index (χ2n) is 6.68. The van der Waals surface area contributed by atoms with Crippen molar-refractivity contribution in [1.29, 1.82) is 0 Å². The van der Waals surface area contributed by atoms with Crippen molar-refractivity contribution in [3.63, 3.8) is 0 Å². The summed E-state index contributed by atoms with van der Waals surface area (Å²) in [6, 6.07) is 0. The van der Waals surface area contributed by atoms with Crippen LogP contribution in [0, 0.1) is 5.92 Å². The highest BCUT2D eigenvalue weighted by molar-refractivity contribution is 5.97. The maximum absolute atomic E-state index is 12.2. The Kier molecular flexibility index (Phi) is 9.14. The maximum Gasteiger partial charge on any atom is 0.309 e. The van der Waals surface area contributed by atoms with E-state index < -0.39 is 5.60 Å². The smallest absolute Gasteiger partial charge is 0.309 e. The van der Waals surface area contributed by atoms with Crippen LogP contribution in [-0.4, -0.2) is 23.1 Å². The third-order valence-electron chi connectivity index (χ3n) is 3.10. The number of hydrogen-bond acceptors (Lipinski definition) is 4. The van der Waals surface area contributed by atoms with Crippen molar-refractivity contribution in [2.24, 2.45) is 5.92 Å². The maximum atomic E-state index is 12.2. The van der Waals surface area contributed by atoms with Gasteiger partial charge in [0.1, 0.15) is 17.2 Å². The molecule has 0 radical (unpaired) electrons. The minimum Gasteiger partial charge on any atom is -0.460 e. The Morgan fingerprint density at radius 1 is 1.05 bits per heavy atom. The lowest BCUT2D eigenvalue weighted by Crippen LogP contribution is -2.29. The lowest BCUT2D eigenvalue weighted by atomic mass is 9.94. The molecule has 0 saturated carbocycles. The summed E-state index contributed by atoms with van der Waals surface area (Å²) < 4.78 is 5.44. The van der Waals surface area contributed by atoms with E-state index in [0.29, 0.717) is 19.3 Å². The highest BCUT2D eigenvalue weighted by Gasteiger charge is 2.24. The predicted octanol–water partition coefficient (Wildman–Crippen LogP) is 3.85. The van der Waals surface area contributed by atoms with E-state index in [0.717, 1.165) is 19.3 Å². The van der Waals surface area contributed by atoms with Crippen molar-refractivity contribution < 1.29 is 19.1 Å². The van der Waals surface area contributed by atoms with Gasteiger partial charge in [-0.3, -0.25) is 14.4 Å². The van der Waals surface area contributed by atoms with Crippen molar-refractivity contribution in [3.8, 4) is 0 Å². The van der Waals surface area contributed by atoms with Gasteiger partial charge >= 0.3 is 5.97 Å². The zero-order chi connectivity index (χ0) is 16.5. The molecule has 0 aliphatic rings. The Balaban J connectivity index is 4.32. The van der Waals surface area contributed by atoms with E-state index in [-0.39, 0.29) is 29.9 Å². The Labute approximate surface area is 128 Å². The molecule has 4 heteroatoms. The zero-order valence-electron chi connectivity index (χ0n) is 14.2. The summed E-state index contributed by atoms with van der Waals surface area (Å²) in [6.07, 6.45) is 4.47. The average molecular weight is 298 g/mol. The Hall–Kier alpha value is -1.19. The minimum absolute atomic E-state index is 0.00602. The van der Waals surface area contributed by atoms with Crippen molar-refractivity contribution in [3.05, 3.63) is 0 Å². The zero-order valence-corrected chi connectivity index (χ0v) is 14.2. The molecule has 0 heterocycles. The van der Waals surface area contributed by atoms with Crippen LogP contribution in [0.2, 0.25) is 0 Å². The fourth-order valence-electron chi connectivity index (χ4n) is 2.13. The van der Waals surface area contributed by atoms with E-state index in [9.17, 15) is 14.4 Å². The number of Topliss-reactive ketones (excluding diaryl/α,β-unsaturated/α-hetero) is 2. The molecule has 0 bridgehead atoms. The van der Waals surface area contributed by atoms with Crippen LogP contribution in [-0.2, 0) is 19.1 Å². The molecule has 0 aliphatic carbocycles. The van der Waals surface area contributed by atoms with Crippen molar-refractivity contribution >= 4 is 17.5 Å². The standard InChI is InChI=1S/C17H30O4/c1-6-7-9-14(16(20)21-17(3,4)5)10-8-11-15(19)12-13(2)18/h14H,6-12H2,1-5H3. The molecular weight excluding hydrogens is 268 g/mol. The van der Waals surface area contributed by atoms with Gasteiger partial charge < -0.3 is 4.74 Å². The first-order valence-corrected chi connectivity index (χ1v) is 7.89. The molecule has 0 amide bonds. The van der Waals surface area contributed by atoms with Gasteiger partial charge in [-0.05, 0) is 47.0 Å². The van der Waals surface area contributed by atoms with Gasteiger partial charge in [0.25, 0.3) is 0 Å². The van der Waals surface area contributed by atoms with Crippen LogP contribution in [0.5, 0.6) is 0 Å². The number of carbonyl (C=O) groups is 3. The van der Waals surface area contributed by atoms with Crippen LogP contribution in [0.3, 0.4) is 0 Å². The molecule has 0 aromatic heterocycles. The second-order valence-corrected chi connectivity index (χ2v) is 6.68. The number of ketones is 2. The van der Waals surface area contributed by atoms with Crippen molar-refractivity contribution in [1.82, 2.24) is 0 Å². The van der Waals surface area contributed by atoms with Gasteiger partial charge in [0.2, 0.25) is 0 Å². The van der Waals surface area contributed by atoms with Crippen molar-refractivity contribution in [2.45, 2.75) is 85.2 Å². The van der Waals surface area contributed by atoms with Crippen LogP contribution >= 0.6 is 0 Å².